The van der Waals surface area contributed by atoms with Crippen molar-refractivity contribution in [2.24, 2.45) is 0 Å². The normalized spacial score (nSPS) is 9.85. The van der Waals surface area contributed by atoms with Gasteiger partial charge in [0.1, 0.15) is 12.4 Å². The third kappa shape index (κ3) is 2.29. The first-order valence-corrected chi connectivity index (χ1v) is 4.93. The Labute approximate surface area is 80.8 Å². The Kier molecular flexibility index (Phi) is 2.57. The van der Waals surface area contributed by atoms with Crippen molar-refractivity contribution in [1.29, 1.82) is 0 Å². The molecule has 2 rings (SSSR count). The molecule has 0 N–H and O–H groups in total. The van der Waals surface area contributed by atoms with Crippen LogP contribution in [0.4, 0.5) is 0 Å². The lowest BCUT2D eigenvalue weighted by atomic mass is 10.4. The Morgan fingerprint density at radius 1 is 1.38 bits per heavy atom. The lowest BCUT2D eigenvalue weighted by Gasteiger charge is -2.02. The van der Waals surface area contributed by atoms with Crippen molar-refractivity contribution in [2.45, 2.75) is 6.61 Å². The first-order valence-electron chi connectivity index (χ1n) is 3.99. The van der Waals surface area contributed by atoms with Gasteiger partial charge in [-0.25, -0.2) is 0 Å². The highest BCUT2D eigenvalue weighted by Gasteiger charge is 1.94. The zero-order valence-corrected chi connectivity index (χ0v) is 7.83. The van der Waals surface area contributed by atoms with E-state index in [1.165, 1.54) is 5.56 Å². The van der Waals surface area contributed by atoms with Gasteiger partial charge in [-0.05, 0) is 34.5 Å². The molecule has 0 aliphatic heterocycles. The maximum Gasteiger partial charge on any atom is 0.138 e. The Morgan fingerprint density at radius 2 is 2.38 bits per heavy atom. The van der Waals surface area contributed by atoms with E-state index in [9.17, 15) is 0 Å². The van der Waals surface area contributed by atoms with Gasteiger partial charge in [0.2, 0.25) is 0 Å². The molecule has 0 saturated carbocycles. The first-order chi connectivity index (χ1) is 6.45. The van der Waals surface area contributed by atoms with Crippen molar-refractivity contribution < 1.29 is 4.74 Å². The van der Waals surface area contributed by atoms with Crippen molar-refractivity contribution in [1.82, 2.24) is 4.98 Å². The average Bonchev–Trinajstić information content (AvgIpc) is 2.69. The minimum atomic E-state index is 0.620. The van der Waals surface area contributed by atoms with Gasteiger partial charge in [-0.15, -0.1) is 0 Å². The van der Waals surface area contributed by atoms with E-state index in [1.807, 2.05) is 17.5 Å². The second kappa shape index (κ2) is 4.05. The zero-order chi connectivity index (χ0) is 8.93. The second-order valence-corrected chi connectivity index (χ2v) is 3.39. The molecule has 66 valence electrons. The number of pyridine rings is 1. The molecule has 0 unspecified atom stereocenters. The van der Waals surface area contributed by atoms with E-state index < -0.39 is 0 Å². The van der Waals surface area contributed by atoms with Crippen LogP contribution in [0.2, 0.25) is 0 Å². The Hall–Kier alpha value is -1.35. The first kappa shape index (κ1) is 8.26. The molecule has 2 aromatic rings. The van der Waals surface area contributed by atoms with E-state index in [1.54, 1.807) is 23.7 Å². The Morgan fingerprint density at radius 3 is 3.08 bits per heavy atom. The highest BCUT2D eigenvalue weighted by molar-refractivity contribution is 7.07. The Balaban J connectivity index is 1.94. The molecule has 0 atom stereocenters. The molecule has 2 aromatic heterocycles. The third-order valence-electron chi connectivity index (χ3n) is 1.62. The summed E-state index contributed by atoms with van der Waals surface area (Å²) in [5, 5.41) is 4.12. The molecule has 3 heteroatoms. The average molecular weight is 191 g/mol. The minimum absolute atomic E-state index is 0.620. The summed E-state index contributed by atoms with van der Waals surface area (Å²) >= 11 is 1.68. The predicted octanol–water partition coefficient (Wildman–Crippen LogP) is 2.72. The number of aromatic nitrogens is 1. The molecule has 13 heavy (non-hydrogen) atoms. The van der Waals surface area contributed by atoms with Crippen LogP contribution in [0.5, 0.6) is 5.75 Å². The van der Waals surface area contributed by atoms with Gasteiger partial charge in [-0.2, -0.15) is 11.3 Å². The molecule has 0 aliphatic rings. The fourth-order valence-corrected chi connectivity index (χ4v) is 1.63. The van der Waals surface area contributed by atoms with Crippen LogP contribution in [0.1, 0.15) is 5.56 Å². The second-order valence-electron chi connectivity index (χ2n) is 2.61. The molecule has 2 nitrogen and oxygen atoms in total. The summed E-state index contributed by atoms with van der Waals surface area (Å²) in [6, 6.07) is 5.82. The molecule has 2 heterocycles. The summed E-state index contributed by atoms with van der Waals surface area (Å²) < 4.78 is 5.49. The van der Waals surface area contributed by atoms with Gasteiger partial charge in [-0.3, -0.25) is 4.98 Å². The van der Waals surface area contributed by atoms with Crippen LogP contribution in [0.15, 0.2) is 41.4 Å². The number of nitrogens with zero attached hydrogens (tertiary/aromatic N) is 1. The maximum atomic E-state index is 5.49. The highest BCUT2D eigenvalue weighted by atomic mass is 32.1. The lowest BCUT2D eigenvalue weighted by Crippen LogP contribution is -1.93. The minimum Gasteiger partial charge on any atom is -0.487 e. The monoisotopic (exact) mass is 191 g/mol. The van der Waals surface area contributed by atoms with Crippen molar-refractivity contribution in [3.8, 4) is 5.75 Å². The molecule has 0 fully saturated rings. The molecule has 0 bridgehead atoms. The zero-order valence-electron chi connectivity index (χ0n) is 7.01. The van der Waals surface area contributed by atoms with E-state index in [0.717, 1.165) is 5.75 Å². The number of hydrogen-bond acceptors (Lipinski definition) is 3. The summed E-state index contributed by atoms with van der Waals surface area (Å²) in [6.45, 7) is 0.620. The number of thiophene rings is 1. The van der Waals surface area contributed by atoms with E-state index >= 15 is 0 Å². The molecular weight excluding hydrogens is 182 g/mol. The van der Waals surface area contributed by atoms with Crippen molar-refractivity contribution in [3.05, 3.63) is 46.9 Å². The summed E-state index contributed by atoms with van der Waals surface area (Å²) in [6.07, 6.45) is 3.45. The summed E-state index contributed by atoms with van der Waals surface area (Å²) in [4.78, 5) is 3.96. The fraction of sp³-hybridized carbons (Fsp3) is 0.100. The molecule has 0 aliphatic carbocycles. The quantitative estimate of drug-likeness (QED) is 0.744. The largest absolute Gasteiger partial charge is 0.487 e. The summed E-state index contributed by atoms with van der Waals surface area (Å²) in [5.74, 6) is 0.814. The highest BCUT2D eigenvalue weighted by Crippen LogP contribution is 2.11. The van der Waals surface area contributed by atoms with Crippen LogP contribution in [0.25, 0.3) is 0 Å². The smallest absolute Gasteiger partial charge is 0.138 e. The van der Waals surface area contributed by atoms with Crippen LogP contribution in [0.3, 0.4) is 0 Å². The van der Waals surface area contributed by atoms with Crippen molar-refractivity contribution in [3.63, 3.8) is 0 Å². The van der Waals surface area contributed by atoms with Crippen LogP contribution < -0.4 is 4.74 Å². The third-order valence-corrected chi connectivity index (χ3v) is 2.35. The molecule has 0 aromatic carbocycles. The van der Waals surface area contributed by atoms with Crippen molar-refractivity contribution >= 4 is 11.3 Å². The number of ether oxygens (including phenoxy) is 1. The standard InChI is InChI=1S/C10H9NOS/c1-2-10(6-11-4-1)12-7-9-3-5-13-8-9/h1-6,8H,7H2. The Bertz CT molecular complexity index is 344. The van der Waals surface area contributed by atoms with Crippen LogP contribution in [0, 0.1) is 0 Å². The van der Waals surface area contributed by atoms with E-state index in [4.69, 9.17) is 4.74 Å². The molecule has 0 radical (unpaired) electrons. The van der Waals surface area contributed by atoms with Gasteiger partial charge in [0, 0.05) is 6.20 Å². The predicted molar refractivity (Wildman–Crippen MR) is 52.9 cm³/mol. The molecular formula is C10H9NOS. The SMILES string of the molecule is c1cncc(OCc2ccsc2)c1. The van der Waals surface area contributed by atoms with Crippen LogP contribution in [-0.2, 0) is 6.61 Å². The summed E-state index contributed by atoms with van der Waals surface area (Å²) in [7, 11) is 0. The topological polar surface area (TPSA) is 22.1 Å². The van der Waals surface area contributed by atoms with Gasteiger partial charge in [0.25, 0.3) is 0 Å². The van der Waals surface area contributed by atoms with Gasteiger partial charge in [0.15, 0.2) is 0 Å². The van der Waals surface area contributed by atoms with Crippen LogP contribution in [-0.4, -0.2) is 4.98 Å². The van der Waals surface area contributed by atoms with E-state index in [-0.39, 0.29) is 0 Å². The van der Waals surface area contributed by atoms with Crippen LogP contribution >= 0.6 is 11.3 Å². The lowest BCUT2D eigenvalue weighted by molar-refractivity contribution is 0.305. The number of hydrogen-bond donors (Lipinski definition) is 0. The van der Waals surface area contributed by atoms with E-state index in [2.05, 4.69) is 16.4 Å². The van der Waals surface area contributed by atoms with Gasteiger partial charge >= 0.3 is 0 Å². The van der Waals surface area contributed by atoms with E-state index in [0.29, 0.717) is 6.61 Å². The maximum absolute atomic E-state index is 5.49. The summed E-state index contributed by atoms with van der Waals surface area (Å²) in [5.41, 5.74) is 1.20. The molecule has 0 amide bonds. The molecule has 0 saturated heterocycles. The fourth-order valence-electron chi connectivity index (χ4n) is 0.974. The number of rotatable bonds is 3. The van der Waals surface area contributed by atoms with Gasteiger partial charge in [0.05, 0.1) is 6.20 Å². The van der Waals surface area contributed by atoms with Gasteiger partial charge in [-0.1, -0.05) is 0 Å². The molecule has 0 spiro atoms. The van der Waals surface area contributed by atoms with Crippen molar-refractivity contribution in [2.75, 3.05) is 0 Å². The van der Waals surface area contributed by atoms with Gasteiger partial charge < -0.3 is 4.74 Å².